The molecule has 20 heavy (non-hydrogen) atoms. The largest absolute Gasteiger partial charge is 0.458 e. The van der Waals surface area contributed by atoms with Crippen molar-refractivity contribution >= 4 is 27.2 Å². The summed E-state index contributed by atoms with van der Waals surface area (Å²) in [5.41, 5.74) is 2.81. The number of para-hydroxylation sites is 2. The summed E-state index contributed by atoms with van der Waals surface area (Å²) in [5, 5.41) is 10.6. The molecule has 0 fully saturated rings. The Morgan fingerprint density at radius 3 is 2.55 bits per heavy atom. The minimum Gasteiger partial charge on any atom is -0.458 e. The first-order valence-electron chi connectivity index (χ1n) is 6.31. The molecule has 0 aliphatic heterocycles. The maximum Gasteiger partial charge on any atom is 0.391 e. The van der Waals surface area contributed by atoms with Crippen LogP contribution in [0.25, 0.3) is 26.3 Å². The molecule has 0 aliphatic carbocycles. The Morgan fingerprint density at radius 1 is 0.950 bits per heavy atom. The predicted molar refractivity (Wildman–Crippen MR) is 79.9 cm³/mol. The normalized spacial score (nSPS) is 11.2. The van der Waals surface area contributed by atoms with E-state index < -0.39 is 0 Å². The summed E-state index contributed by atoms with van der Waals surface area (Å²) < 4.78 is 1.86. The molecule has 0 spiro atoms. The Balaban J connectivity index is 2.11. The number of aromatic hydroxyl groups is 1. The topological polar surface area (TPSA) is 37.2 Å². The first-order valence-corrected chi connectivity index (χ1v) is 7.13. The van der Waals surface area contributed by atoms with Crippen LogP contribution in [0.15, 0.2) is 60.8 Å². The average Bonchev–Trinajstić information content (AvgIpc) is 2.86. The minimum atomic E-state index is 0.273. The van der Waals surface area contributed by atoms with E-state index in [0.717, 1.165) is 26.3 Å². The van der Waals surface area contributed by atoms with Gasteiger partial charge in [0.15, 0.2) is 4.88 Å². The summed E-state index contributed by atoms with van der Waals surface area (Å²) >= 11 is 1.54. The molecule has 0 aliphatic rings. The summed E-state index contributed by atoms with van der Waals surface area (Å²) in [5.74, 6) is 0.273. The molecule has 0 unspecified atom stereocenters. The van der Waals surface area contributed by atoms with Gasteiger partial charge in [0.25, 0.3) is 4.83 Å². The molecule has 0 saturated carbocycles. The number of fused-ring (bicyclic) bond motifs is 3. The standard InChI is InChI=1S/C16H10N2OS/c19-16-15(11-6-2-1-3-7-11)20-14-10-17-12-8-4-5-9-13(12)18(14)16/h1-10H/p+1. The van der Waals surface area contributed by atoms with Crippen LogP contribution in [0.4, 0.5) is 0 Å². The van der Waals surface area contributed by atoms with E-state index in [1.165, 1.54) is 0 Å². The fourth-order valence-electron chi connectivity index (χ4n) is 2.38. The number of hydrogen-bond donors (Lipinski definition) is 1. The lowest BCUT2D eigenvalue weighted by molar-refractivity contribution is -0.488. The van der Waals surface area contributed by atoms with Crippen molar-refractivity contribution in [1.82, 2.24) is 4.98 Å². The van der Waals surface area contributed by atoms with Gasteiger partial charge in [-0.25, -0.2) is 4.98 Å². The van der Waals surface area contributed by atoms with Gasteiger partial charge in [-0.1, -0.05) is 53.8 Å². The lowest BCUT2D eigenvalue weighted by Crippen LogP contribution is -2.20. The van der Waals surface area contributed by atoms with E-state index in [4.69, 9.17) is 0 Å². The first-order chi connectivity index (χ1) is 9.84. The zero-order valence-electron chi connectivity index (χ0n) is 10.5. The van der Waals surface area contributed by atoms with Gasteiger partial charge in [0, 0.05) is 11.6 Å². The van der Waals surface area contributed by atoms with Crippen LogP contribution in [-0.2, 0) is 0 Å². The van der Waals surface area contributed by atoms with Gasteiger partial charge in [-0.3, -0.25) is 0 Å². The van der Waals surface area contributed by atoms with Gasteiger partial charge in [0.2, 0.25) is 5.52 Å². The third kappa shape index (κ3) is 1.58. The van der Waals surface area contributed by atoms with Gasteiger partial charge < -0.3 is 5.11 Å². The van der Waals surface area contributed by atoms with Crippen LogP contribution < -0.4 is 4.40 Å². The first kappa shape index (κ1) is 11.4. The minimum absolute atomic E-state index is 0.273. The molecule has 4 aromatic rings. The molecule has 0 radical (unpaired) electrons. The van der Waals surface area contributed by atoms with Crippen LogP contribution in [0, 0.1) is 0 Å². The number of nitrogens with zero attached hydrogens (tertiary/aromatic N) is 2. The molecule has 4 heteroatoms. The van der Waals surface area contributed by atoms with Crippen LogP contribution in [0.5, 0.6) is 5.88 Å². The second-order valence-corrected chi connectivity index (χ2v) is 5.57. The lowest BCUT2D eigenvalue weighted by atomic mass is 10.2. The number of thiazole rings is 1. The highest BCUT2D eigenvalue weighted by molar-refractivity contribution is 7.20. The Morgan fingerprint density at radius 2 is 1.70 bits per heavy atom. The monoisotopic (exact) mass is 279 g/mol. The fourth-order valence-corrected chi connectivity index (χ4v) is 3.41. The predicted octanol–water partition coefficient (Wildman–Crippen LogP) is 3.41. The second-order valence-electron chi connectivity index (χ2n) is 4.54. The number of benzene rings is 2. The Labute approximate surface area is 119 Å². The number of aromatic nitrogens is 2. The fraction of sp³-hybridized carbons (Fsp3) is 0. The van der Waals surface area contributed by atoms with E-state index >= 15 is 0 Å². The molecule has 1 N–H and O–H groups in total. The van der Waals surface area contributed by atoms with E-state index in [1.54, 1.807) is 17.5 Å². The smallest absolute Gasteiger partial charge is 0.391 e. The van der Waals surface area contributed by atoms with Crippen LogP contribution in [0.2, 0.25) is 0 Å². The average molecular weight is 279 g/mol. The maximum absolute atomic E-state index is 10.6. The number of rotatable bonds is 1. The highest BCUT2D eigenvalue weighted by Gasteiger charge is 2.24. The van der Waals surface area contributed by atoms with Gasteiger partial charge in [-0.05, 0) is 6.07 Å². The summed E-state index contributed by atoms with van der Waals surface area (Å²) in [6, 6.07) is 17.7. The summed E-state index contributed by atoms with van der Waals surface area (Å²) in [4.78, 5) is 6.23. The SMILES string of the molecule is Oc1c(-c2ccccc2)sc2cnc3ccccc3[n+]12. The van der Waals surface area contributed by atoms with E-state index in [1.807, 2.05) is 59.0 Å². The molecular formula is C16H11N2OS+. The highest BCUT2D eigenvalue weighted by atomic mass is 32.1. The Hall–Kier alpha value is -2.46. The van der Waals surface area contributed by atoms with Crippen molar-refractivity contribution in [3.05, 3.63) is 60.8 Å². The third-order valence-electron chi connectivity index (χ3n) is 3.31. The van der Waals surface area contributed by atoms with Gasteiger partial charge in [-0.2, -0.15) is 0 Å². The highest BCUT2D eigenvalue weighted by Crippen LogP contribution is 2.34. The van der Waals surface area contributed by atoms with Crippen molar-refractivity contribution in [2.24, 2.45) is 0 Å². The van der Waals surface area contributed by atoms with E-state index in [-0.39, 0.29) is 5.88 Å². The van der Waals surface area contributed by atoms with E-state index in [0.29, 0.717) is 0 Å². The lowest BCUT2D eigenvalue weighted by Gasteiger charge is -1.94. The molecule has 0 amide bonds. The maximum atomic E-state index is 10.6. The van der Waals surface area contributed by atoms with Crippen molar-refractivity contribution in [3.8, 4) is 16.3 Å². The van der Waals surface area contributed by atoms with E-state index in [9.17, 15) is 5.11 Å². The van der Waals surface area contributed by atoms with Crippen molar-refractivity contribution in [2.45, 2.75) is 0 Å². The number of hydrogen-bond acceptors (Lipinski definition) is 3. The zero-order valence-corrected chi connectivity index (χ0v) is 11.3. The van der Waals surface area contributed by atoms with Gasteiger partial charge in [-0.15, -0.1) is 4.40 Å². The molecule has 2 aromatic heterocycles. The van der Waals surface area contributed by atoms with Crippen molar-refractivity contribution in [2.75, 3.05) is 0 Å². The molecule has 4 rings (SSSR count). The molecule has 0 bridgehead atoms. The molecule has 0 saturated heterocycles. The van der Waals surface area contributed by atoms with E-state index in [2.05, 4.69) is 4.98 Å². The molecule has 96 valence electrons. The molecular weight excluding hydrogens is 268 g/mol. The van der Waals surface area contributed by atoms with Gasteiger partial charge in [0.05, 0.1) is 0 Å². The van der Waals surface area contributed by atoms with Gasteiger partial charge in [0.1, 0.15) is 11.7 Å². The quantitative estimate of drug-likeness (QED) is 0.542. The zero-order chi connectivity index (χ0) is 13.5. The van der Waals surface area contributed by atoms with Crippen LogP contribution >= 0.6 is 11.3 Å². The second kappa shape index (κ2) is 4.28. The molecule has 2 aromatic carbocycles. The Kier molecular flexibility index (Phi) is 2.44. The molecule has 2 heterocycles. The van der Waals surface area contributed by atoms with Crippen molar-refractivity contribution < 1.29 is 9.51 Å². The summed E-state index contributed by atoms with van der Waals surface area (Å²) in [6.07, 6.45) is 1.80. The summed E-state index contributed by atoms with van der Waals surface area (Å²) in [6.45, 7) is 0. The molecule has 3 nitrogen and oxygen atoms in total. The van der Waals surface area contributed by atoms with Crippen LogP contribution in [0.3, 0.4) is 0 Å². The summed E-state index contributed by atoms with van der Waals surface area (Å²) in [7, 11) is 0. The van der Waals surface area contributed by atoms with Gasteiger partial charge >= 0.3 is 5.88 Å². The third-order valence-corrected chi connectivity index (χ3v) is 4.43. The van der Waals surface area contributed by atoms with Crippen molar-refractivity contribution in [1.29, 1.82) is 0 Å². The van der Waals surface area contributed by atoms with Crippen LogP contribution in [0.1, 0.15) is 0 Å². The van der Waals surface area contributed by atoms with Crippen LogP contribution in [-0.4, -0.2) is 10.1 Å². The Bertz CT molecular complexity index is 916. The van der Waals surface area contributed by atoms with Crippen molar-refractivity contribution in [3.63, 3.8) is 0 Å². The molecule has 0 atom stereocenters.